The minimum absolute atomic E-state index is 0.133. The number of aromatic amines is 1. The van der Waals surface area contributed by atoms with E-state index in [-0.39, 0.29) is 41.7 Å². The van der Waals surface area contributed by atoms with E-state index in [1.807, 2.05) is 0 Å². The van der Waals surface area contributed by atoms with E-state index in [0.717, 1.165) is 0 Å². The van der Waals surface area contributed by atoms with Crippen molar-refractivity contribution < 1.29 is 15.1 Å². The Balaban J connectivity index is 2.34. The number of non-ortho nitro benzene ring substituents is 1. The van der Waals surface area contributed by atoms with Crippen molar-refractivity contribution in [3.05, 3.63) is 34.0 Å². The Hall–Kier alpha value is -3.01. The molecule has 8 N–H and O–H groups in total. The third-order valence-electron chi connectivity index (χ3n) is 3.13. The molecule has 0 fully saturated rings. The summed E-state index contributed by atoms with van der Waals surface area (Å²) in [5.74, 6) is 0.0126. The molecule has 2 aromatic rings. The van der Waals surface area contributed by atoms with Crippen LogP contribution in [0, 0.1) is 10.1 Å². The number of nitrogens with one attached hydrogen (secondary N) is 2. The number of benzene rings is 1. The lowest BCUT2D eigenvalue weighted by molar-refractivity contribution is -0.384. The molecule has 2 rings (SSSR count). The smallest absolute Gasteiger partial charge is 0.271 e. The lowest BCUT2D eigenvalue weighted by Crippen LogP contribution is -2.15. The van der Waals surface area contributed by atoms with Crippen LogP contribution in [0.1, 0.15) is 18.2 Å². The molecule has 0 amide bonds. The van der Waals surface area contributed by atoms with E-state index in [4.69, 9.17) is 16.6 Å². The highest BCUT2D eigenvalue weighted by Crippen LogP contribution is 2.33. The SMILES string of the molecule is Nc1[nH]nc(C(CCO)Nc2cc([N+](=O)[O-])ccc2O)c1N. The first kappa shape index (κ1) is 15.4. The van der Waals surface area contributed by atoms with Crippen LogP contribution in [0.4, 0.5) is 22.9 Å². The third-order valence-corrected chi connectivity index (χ3v) is 3.13. The number of nitrogens with two attached hydrogens (primary N) is 2. The number of anilines is 3. The van der Waals surface area contributed by atoms with Crippen molar-refractivity contribution in [2.45, 2.75) is 12.5 Å². The number of nitro groups is 1. The zero-order chi connectivity index (χ0) is 16.3. The van der Waals surface area contributed by atoms with Crippen molar-refractivity contribution in [2.24, 2.45) is 0 Å². The predicted molar refractivity (Wildman–Crippen MR) is 80.2 cm³/mol. The third kappa shape index (κ3) is 3.01. The van der Waals surface area contributed by atoms with Gasteiger partial charge < -0.3 is 27.0 Å². The van der Waals surface area contributed by atoms with Crippen LogP contribution in [0.25, 0.3) is 0 Å². The minimum atomic E-state index is -0.577. The maximum Gasteiger partial charge on any atom is 0.271 e. The largest absolute Gasteiger partial charge is 0.506 e. The zero-order valence-electron chi connectivity index (χ0n) is 11.5. The van der Waals surface area contributed by atoms with Gasteiger partial charge in [0.15, 0.2) is 0 Å². The van der Waals surface area contributed by atoms with E-state index in [9.17, 15) is 15.2 Å². The number of nitro benzene ring substituents is 1. The number of phenolic OH excluding ortho intramolecular Hbond substituents is 1. The number of nitrogens with zero attached hydrogens (tertiary/aromatic N) is 2. The molecule has 0 saturated carbocycles. The number of H-pyrrole nitrogens is 1. The second-order valence-corrected chi connectivity index (χ2v) is 4.60. The second kappa shape index (κ2) is 6.18. The van der Waals surface area contributed by atoms with E-state index >= 15 is 0 Å². The Labute approximate surface area is 124 Å². The highest BCUT2D eigenvalue weighted by molar-refractivity contribution is 5.65. The molecular formula is C12H16N6O4. The van der Waals surface area contributed by atoms with Crippen LogP contribution in [-0.4, -0.2) is 31.9 Å². The minimum Gasteiger partial charge on any atom is -0.506 e. The van der Waals surface area contributed by atoms with E-state index in [0.29, 0.717) is 5.69 Å². The molecule has 0 aliphatic rings. The maximum atomic E-state index is 10.8. The number of hydrogen-bond donors (Lipinski definition) is 6. The molecule has 0 spiro atoms. The van der Waals surface area contributed by atoms with Gasteiger partial charge in [-0.25, -0.2) is 0 Å². The molecule has 0 aliphatic carbocycles. The first-order chi connectivity index (χ1) is 10.4. The van der Waals surface area contributed by atoms with Crippen molar-refractivity contribution in [3.8, 4) is 5.75 Å². The number of nitrogen functional groups attached to an aromatic ring is 2. The van der Waals surface area contributed by atoms with Crippen LogP contribution in [0.2, 0.25) is 0 Å². The lowest BCUT2D eigenvalue weighted by atomic mass is 10.1. The number of hydrogen-bond acceptors (Lipinski definition) is 8. The summed E-state index contributed by atoms with van der Waals surface area (Å²) < 4.78 is 0. The van der Waals surface area contributed by atoms with E-state index in [1.54, 1.807) is 0 Å². The lowest BCUT2D eigenvalue weighted by Gasteiger charge is -2.18. The quantitative estimate of drug-likeness (QED) is 0.257. The molecular weight excluding hydrogens is 292 g/mol. The van der Waals surface area contributed by atoms with E-state index in [2.05, 4.69) is 15.5 Å². The Kier molecular flexibility index (Phi) is 4.32. The van der Waals surface area contributed by atoms with Gasteiger partial charge >= 0.3 is 0 Å². The molecule has 22 heavy (non-hydrogen) atoms. The van der Waals surface area contributed by atoms with Crippen LogP contribution in [0.3, 0.4) is 0 Å². The highest BCUT2D eigenvalue weighted by atomic mass is 16.6. The van der Waals surface area contributed by atoms with Gasteiger partial charge in [-0.05, 0) is 12.5 Å². The predicted octanol–water partition coefficient (Wildman–Crippen LogP) is 0.723. The number of phenols is 1. The topological polar surface area (TPSA) is 176 Å². The fourth-order valence-corrected chi connectivity index (χ4v) is 1.99. The van der Waals surface area contributed by atoms with Gasteiger partial charge in [0.2, 0.25) is 0 Å². The van der Waals surface area contributed by atoms with Gasteiger partial charge in [0.1, 0.15) is 17.3 Å². The first-order valence-corrected chi connectivity index (χ1v) is 6.38. The standard InChI is InChI=1S/C12H16N6O4/c13-10-11(16-17-12(10)14)7(3-4-19)15-8-5-6(18(21)22)1-2-9(8)20/h1-2,5,7,15,19-20H,3-4,13H2,(H3,14,16,17). The maximum absolute atomic E-state index is 10.8. The number of aliphatic hydroxyl groups is 1. The van der Waals surface area contributed by atoms with Gasteiger partial charge in [-0.3, -0.25) is 15.2 Å². The second-order valence-electron chi connectivity index (χ2n) is 4.60. The molecule has 0 bridgehead atoms. The number of aliphatic hydroxyl groups excluding tert-OH is 1. The number of rotatable bonds is 6. The van der Waals surface area contributed by atoms with Gasteiger partial charge in [-0.2, -0.15) is 5.10 Å². The van der Waals surface area contributed by atoms with Crippen molar-refractivity contribution in [3.63, 3.8) is 0 Å². The normalized spacial score (nSPS) is 12.0. The van der Waals surface area contributed by atoms with Crippen molar-refractivity contribution >= 4 is 22.9 Å². The van der Waals surface area contributed by atoms with Gasteiger partial charge in [0, 0.05) is 18.7 Å². The number of aromatic hydroxyl groups is 1. The summed E-state index contributed by atoms with van der Waals surface area (Å²) in [6.45, 7) is -0.181. The van der Waals surface area contributed by atoms with Gasteiger partial charge in [0.05, 0.1) is 22.3 Å². The van der Waals surface area contributed by atoms with E-state index in [1.165, 1.54) is 18.2 Å². The molecule has 1 aromatic carbocycles. The summed E-state index contributed by atoms with van der Waals surface area (Å²) in [7, 11) is 0. The fraction of sp³-hybridized carbons (Fsp3) is 0.250. The average molecular weight is 308 g/mol. The average Bonchev–Trinajstić information content (AvgIpc) is 2.80. The summed E-state index contributed by atoms with van der Waals surface area (Å²) in [5.41, 5.74) is 11.9. The molecule has 0 saturated heterocycles. The van der Waals surface area contributed by atoms with Crippen LogP contribution in [0.15, 0.2) is 18.2 Å². The number of aromatic nitrogens is 2. The summed E-state index contributed by atoms with van der Waals surface area (Å²) >= 11 is 0. The molecule has 10 heteroatoms. The molecule has 1 aromatic heterocycles. The summed E-state index contributed by atoms with van der Waals surface area (Å²) in [6.07, 6.45) is 0.219. The molecule has 118 valence electrons. The molecule has 1 atom stereocenters. The fourth-order valence-electron chi connectivity index (χ4n) is 1.99. The van der Waals surface area contributed by atoms with Crippen molar-refractivity contribution in [1.82, 2.24) is 10.2 Å². The van der Waals surface area contributed by atoms with Gasteiger partial charge in [-0.1, -0.05) is 0 Å². The zero-order valence-corrected chi connectivity index (χ0v) is 11.5. The van der Waals surface area contributed by atoms with E-state index < -0.39 is 11.0 Å². The Bertz CT molecular complexity index is 686. The van der Waals surface area contributed by atoms with Crippen LogP contribution < -0.4 is 16.8 Å². The van der Waals surface area contributed by atoms with Crippen LogP contribution in [0.5, 0.6) is 5.75 Å². The van der Waals surface area contributed by atoms with Gasteiger partial charge in [0.25, 0.3) is 5.69 Å². The Morgan fingerprint density at radius 1 is 1.45 bits per heavy atom. The molecule has 10 nitrogen and oxygen atoms in total. The summed E-state index contributed by atoms with van der Waals surface area (Å²) in [5, 5.41) is 39.1. The van der Waals surface area contributed by atoms with Gasteiger partial charge in [-0.15, -0.1) is 0 Å². The molecule has 0 radical (unpaired) electrons. The Morgan fingerprint density at radius 2 is 2.18 bits per heavy atom. The molecule has 1 heterocycles. The Morgan fingerprint density at radius 3 is 2.73 bits per heavy atom. The monoisotopic (exact) mass is 308 g/mol. The highest BCUT2D eigenvalue weighted by Gasteiger charge is 2.21. The van der Waals surface area contributed by atoms with Crippen LogP contribution >= 0.6 is 0 Å². The summed E-state index contributed by atoms with van der Waals surface area (Å²) in [6, 6.07) is 3.00. The van der Waals surface area contributed by atoms with Crippen molar-refractivity contribution in [2.75, 3.05) is 23.4 Å². The molecule has 0 aliphatic heterocycles. The van der Waals surface area contributed by atoms with Crippen molar-refractivity contribution in [1.29, 1.82) is 0 Å². The summed E-state index contributed by atoms with van der Waals surface area (Å²) in [4.78, 5) is 10.2. The first-order valence-electron chi connectivity index (χ1n) is 6.38. The van der Waals surface area contributed by atoms with Crippen LogP contribution in [-0.2, 0) is 0 Å². The molecule has 1 unspecified atom stereocenters.